The maximum atomic E-state index is 14.2. The highest BCUT2D eigenvalue weighted by molar-refractivity contribution is 6.74. The van der Waals surface area contributed by atoms with Crippen molar-refractivity contribution in [1.29, 1.82) is 0 Å². The lowest BCUT2D eigenvalue weighted by atomic mass is 10.0. The first-order chi connectivity index (χ1) is 11.6. The van der Waals surface area contributed by atoms with Crippen molar-refractivity contribution in [1.82, 2.24) is 0 Å². The van der Waals surface area contributed by atoms with Crippen LogP contribution in [-0.4, -0.2) is 22.2 Å². The standard InChI is InChI=1S/C20H25FO3Si/c1-8-16-17(21)10-9-14-11-15(23-13-22-5)12-18(19(14)16)24-25(6,7)20(2,3)4/h1,9-12H,13H2,2-7H3. The molecule has 0 heterocycles. The molecule has 2 aromatic carbocycles. The molecule has 0 aliphatic rings. The molecule has 2 aromatic rings. The van der Waals surface area contributed by atoms with E-state index in [1.165, 1.54) is 6.07 Å². The van der Waals surface area contributed by atoms with Crippen molar-refractivity contribution in [2.45, 2.75) is 38.9 Å². The average molecular weight is 361 g/mol. The molecule has 0 saturated carbocycles. The molecule has 0 aliphatic heterocycles. The average Bonchev–Trinajstić information content (AvgIpc) is 2.51. The molecule has 0 fully saturated rings. The van der Waals surface area contributed by atoms with Crippen LogP contribution < -0.4 is 9.16 Å². The molecular formula is C20H25FO3Si. The van der Waals surface area contributed by atoms with Gasteiger partial charge >= 0.3 is 0 Å². The van der Waals surface area contributed by atoms with E-state index in [1.807, 2.05) is 6.07 Å². The van der Waals surface area contributed by atoms with Crippen LogP contribution in [0, 0.1) is 18.2 Å². The molecule has 5 heteroatoms. The molecule has 0 unspecified atom stereocenters. The summed E-state index contributed by atoms with van der Waals surface area (Å²) in [5, 5.41) is 1.38. The van der Waals surface area contributed by atoms with Gasteiger partial charge in [-0.2, -0.15) is 0 Å². The topological polar surface area (TPSA) is 27.7 Å². The predicted molar refractivity (Wildman–Crippen MR) is 102 cm³/mol. The van der Waals surface area contributed by atoms with Crippen molar-refractivity contribution in [3.05, 3.63) is 35.6 Å². The van der Waals surface area contributed by atoms with Gasteiger partial charge in [0.05, 0.1) is 5.56 Å². The Kier molecular flexibility index (Phi) is 5.45. The number of benzene rings is 2. The van der Waals surface area contributed by atoms with Gasteiger partial charge in [-0.25, -0.2) is 4.39 Å². The fourth-order valence-corrected chi connectivity index (χ4v) is 3.25. The molecule has 0 aromatic heterocycles. The molecule has 0 amide bonds. The van der Waals surface area contributed by atoms with Crippen LogP contribution in [-0.2, 0) is 4.74 Å². The maximum Gasteiger partial charge on any atom is 0.250 e. The molecule has 0 bridgehead atoms. The Labute approximate surface area is 150 Å². The molecule has 0 atom stereocenters. The van der Waals surface area contributed by atoms with E-state index in [2.05, 4.69) is 39.8 Å². The quantitative estimate of drug-likeness (QED) is 0.410. The normalized spacial score (nSPS) is 12.1. The van der Waals surface area contributed by atoms with Gasteiger partial charge < -0.3 is 13.9 Å². The number of fused-ring (bicyclic) bond motifs is 1. The zero-order valence-electron chi connectivity index (χ0n) is 15.7. The van der Waals surface area contributed by atoms with Crippen LogP contribution in [0.1, 0.15) is 26.3 Å². The summed E-state index contributed by atoms with van der Waals surface area (Å²) in [6.07, 6.45) is 5.57. The van der Waals surface area contributed by atoms with Crippen LogP contribution in [0.15, 0.2) is 24.3 Å². The number of rotatable bonds is 5. The summed E-state index contributed by atoms with van der Waals surface area (Å²) in [6, 6.07) is 6.63. The van der Waals surface area contributed by atoms with Crippen molar-refractivity contribution < 1.29 is 18.3 Å². The van der Waals surface area contributed by atoms with Gasteiger partial charge in [0.15, 0.2) is 6.79 Å². The number of hydrogen-bond donors (Lipinski definition) is 0. The van der Waals surface area contributed by atoms with Crippen LogP contribution in [0.3, 0.4) is 0 Å². The minimum absolute atomic E-state index is 0.00759. The summed E-state index contributed by atoms with van der Waals surface area (Å²) in [5.41, 5.74) is 0.213. The van der Waals surface area contributed by atoms with E-state index in [-0.39, 0.29) is 17.4 Å². The highest BCUT2D eigenvalue weighted by atomic mass is 28.4. The lowest BCUT2D eigenvalue weighted by molar-refractivity contribution is 0.0511. The molecule has 134 valence electrons. The van der Waals surface area contributed by atoms with Crippen LogP contribution in [0.5, 0.6) is 11.5 Å². The third-order valence-electron chi connectivity index (χ3n) is 4.66. The smallest absolute Gasteiger partial charge is 0.250 e. The first-order valence-electron chi connectivity index (χ1n) is 8.14. The van der Waals surface area contributed by atoms with E-state index < -0.39 is 14.1 Å². The van der Waals surface area contributed by atoms with E-state index in [9.17, 15) is 4.39 Å². The molecule has 0 radical (unpaired) electrons. The second kappa shape index (κ2) is 7.07. The van der Waals surface area contributed by atoms with Gasteiger partial charge in [-0.05, 0) is 35.7 Å². The Hall–Kier alpha value is -2.03. The second-order valence-corrected chi connectivity index (χ2v) is 12.2. The van der Waals surface area contributed by atoms with Crippen LogP contribution in [0.2, 0.25) is 18.1 Å². The fourth-order valence-electron chi connectivity index (χ4n) is 2.24. The molecule has 3 nitrogen and oxygen atoms in total. The third kappa shape index (κ3) is 3.97. The van der Waals surface area contributed by atoms with Crippen LogP contribution >= 0.6 is 0 Å². The Bertz CT molecular complexity index is 816. The minimum atomic E-state index is -2.15. The first-order valence-corrected chi connectivity index (χ1v) is 11.0. The van der Waals surface area contributed by atoms with Gasteiger partial charge in [0.1, 0.15) is 17.3 Å². The Morgan fingerprint density at radius 3 is 2.44 bits per heavy atom. The zero-order valence-corrected chi connectivity index (χ0v) is 16.7. The van der Waals surface area contributed by atoms with Crippen molar-refractivity contribution in [2.24, 2.45) is 0 Å². The Balaban J connectivity index is 2.69. The molecule has 0 aliphatic carbocycles. The molecule has 0 saturated heterocycles. The first kappa shape index (κ1) is 19.3. The van der Waals surface area contributed by atoms with E-state index in [0.717, 1.165) is 5.39 Å². The number of hydrogen-bond acceptors (Lipinski definition) is 3. The highest BCUT2D eigenvalue weighted by Gasteiger charge is 2.39. The summed E-state index contributed by atoms with van der Waals surface area (Å²) < 4.78 is 31.2. The van der Waals surface area contributed by atoms with Gasteiger partial charge in [0.2, 0.25) is 0 Å². The lowest BCUT2D eigenvalue weighted by Gasteiger charge is -2.37. The van der Waals surface area contributed by atoms with Gasteiger partial charge in [-0.1, -0.05) is 32.8 Å². The SMILES string of the molecule is C#Cc1c(F)ccc2cc(OCOC)cc(O[Si](C)(C)C(C)(C)C)c12. The molecule has 25 heavy (non-hydrogen) atoms. The van der Waals surface area contributed by atoms with Crippen molar-refractivity contribution >= 4 is 19.1 Å². The van der Waals surface area contributed by atoms with Crippen molar-refractivity contribution in [2.75, 3.05) is 13.9 Å². The predicted octanol–water partition coefficient (Wildman–Crippen LogP) is 5.33. The minimum Gasteiger partial charge on any atom is -0.543 e. The monoisotopic (exact) mass is 360 g/mol. The highest BCUT2D eigenvalue weighted by Crippen LogP contribution is 2.41. The fraction of sp³-hybridized carbons (Fsp3) is 0.400. The Morgan fingerprint density at radius 1 is 1.20 bits per heavy atom. The number of ether oxygens (including phenoxy) is 2. The summed E-state index contributed by atoms with van der Waals surface area (Å²) in [5.74, 6) is 3.18. The van der Waals surface area contributed by atoms with Crippen molar-refractivity contribution in [3.8, 4) is 23.8 Å². The molecule has 2 rings (SSSR count). The van der Waals surface area contributed by atoms with Crippen molar-refractivity contribution in [3.63, 3.8) is 0 Å². The van der Waals surface area contributed by atoms with E-state index in [1.54, 1.807) is 19.2 Å². The Morgan fingerprint density at radius 2 is 1.88 bits per heavy atom. The second-order valence-electron chi connectivity index (χ2n) is 7.50. The lowest BCUT2D eigenvalue weighted by Crippen LogP contribution is -2.43. The van der Waals surface area contributed by atoms with Crippen LogP contribution in [0.25, 0.3) is 10.8 Å². The van der Waals surface area contributed by atoms with Gasteiger partial charge in [0, 0.05) is 18.6 Å². The number of terminal acetylenes is 1. The van der Waals surface area contributed by atoms with E-state index in [4.69, 9.17) is 20.3 Å². The molecular weight excluding hydrogens is 335 g/mol. The number of halogens is 1. The number of methoxy groups -OCH3 is 1. The summed E-state index contributed by atoms with van der Waals surface area (Å²) >= 11 is 0. The molecule has 0 spiro atoms. The van der Waals surface area contributed by atoms with E-state index >= 15 is 0 Å². The largest absolute Gasteiger partial charge is 0.543 e. The molecule has 0 N–H and O–H groups in total. The maximum absolute atomic E-state index is 14.2. The van der Waals surface area contributed by atoms with Crippen LogP contribution in [0.4, 0.5) is 4.39 Å². The van der Waals surface area contributed by atoms with Gasteiger partial charge in [-0.3, -0.25) is 0 Å². The third-order valence-corrected chi connectivity index (χ3v) is 9.01. The van der Waals surface area contributed by atoms with Gasteiger partial charge in [0.25, 0.3) is 8.32 Å². The zero-order chi connectivity index (χ0) is 18.8. The summed E-state index contributed by atoms with van der Waals surface area (Å²) in [6.45, 7) is 10.8. The summed E-state index contributed by atoms with van der Waals surface area (Å²) in [4.78, 5) is 0. The van der Waals surface area contributed by atoms with Gasteiger partial charge in [-0.15, -0.1) is 6.42 Å². The van der Waals surface area contributed by atoms with E-state index in [0.29, 0.717) is 16.9 Å². The summed E-state index contributed by atoms with van der Waals surface area (Å²) in [7, 11) is -0.593.